The van der Waals surface area contributed by atoms with Gasteiger partial charge in [-0.15, -0.1) is 4.40 Å². The second-order valence-electron chi connectivity index (χ2n) is 6.40. The molecule has 0 bridgehead atoms. The van der Waals surface area contributed by atoms with E-state index in [0.717, 1.165) is 17.2 Å². The van der Waals surface area contributed by atoms with E-state index in [1.807, 2.05) is 41.3 Å². The molecule has 2 heterocycles. The van der Waals surface area contributed by atoms with Gasteiger partial charge >= 0.3 is 0 Å². The molecule has 0 N–H and O–H groups in total. The maximum Gasteiger partial charge on any atom is 0.256 e. The predicted octanol–water partition coefficient (Wildman–Crippen LogP) is 3.51. The number of nitrogens with zero attached hydrogens (tertiary/aromatic N) is 2. The summed E-state index contributed by atoms with van der Waals surface area (Å²) in [5.41, 5.74) is 2.63. The van der Waals surface area contributed by atoms with E-state index in [1.54, 1.807) is 12.3 Å². The summed E-state index contributed by atoms with van der Waals surface area (Å²) in [5.74, 6) is -1.29. The fourth-order valence-electron chi connectivity index (χ4n) is 3.15. The Balaban J connectivity index is 1.62. The maximum atomic E-state index is 13.8. The first-order valence-corrected chi connectivity index (χ1v) is 10.0. The molecular weight excluding hydrogens is 370 g/mol. The highest BCUT2D eigenvalue weighted by Gasteiger charge is 2.27. The molecule has 0 spiro atoms. The first kappa shape index (κ1) is 17.6. The van der Waals surface area contributed by atoms with Crippen molar-refractivity contribution < 1.29 is 17.2 Å². The number of hydrogen-bond acceptors (Lipinski definition) is 3. The lowest BCUT2D eigenvalue weighted by atomic mass is 9.98. The lowest BCUT2D eigenvalue weighted by Gasteiger charge is -2.29. The number of rotatable bonds is 3. The van der Waals surface area contributed by atoms with E-state index in [9.17, 15) is 17.2 Å². The Bertz CT molecular complexity index is 1090. The molecule has 27 heavy (non-hydrogen) atoms. The highest BCUT2D eigenvalue weighted by atomic mass is 32.2. The number of allylic oxidation sites excluding steroid dienone is 2. The van der Waals surface area contributed by atoms with Crippen molar-refractivity contribution in [2.45, 2.75) is 6.42 Å². The second-order valence-corrected chi connectivity index (χ2v) is 8.16. The van der Waals surface area contributed by atoms with Gasteiger partial charge in [0.25, 0.3) is 10.0 Å². The van der Waals surface area contributed by atoms with Gasteiger partial charge in [-0.05, 0) is 34.9 Å². The van der Waals surface area contributed by atoms with Crippen molar-refractivity contribution in [3.05, 3.63) is 89.1 Å². The molecule has 0 aliphatic carbocycles. The van der Waals surface area contributed by atoms with Crippen LogP contribution in [0.4, 0.5) is 8.78 Å². The molecule has 4 nitrogen and oxygen atoms in total. The first-order chi connectivity index (χ1) is 12.9. The summed E-state index contributed by atoms with van der Waals surface area (Å²) in [5, 5.41) is 0. The van der Waals surface area contributed by atoms with Gasteiger partial charge in [-0.2, -0.15) is 0 Å². The Morgan fingerprint density at radius 3 is 2.63 bits per heavy atom. The zero-order chi connectivity index (χ0) is 19.0. The molecule has 0 radical (unpaired) electrons. The quantitative estimate of drug-likeness (QED) is 0.811. The van der Waals surface area contributed by atoms with Crippen LogP contribution in [0.3, 0.4) is 0 Å². The molecule has 0 fully saturated rings. The van der Waals surface area contributed by atoms with Gasteiger partial charge in [0.15, 0.2) is 17.5 Å². The van der Waals surface area contributed by atoms with E-state index in [4.69, 9.17) is 0 Å². The standard InChI is InChI=1S/C20H16F2N2O2S/c21-18-5-1-3-16(19(18)22)13-14-6-8-15(9-7-14)17-4-2-10-24-11-12-27(25,26)23-20(17)24/h1-10H,11-13H2. The van der Waals surface area contributed by atoms with Crippen LogP contribution in [0.25, 0.3) is 5.57 Å². The smallest absolute Gasteiger partial charge is 0.256 e. The monoisotopic (exact) mass is 386 g/mol. The molecule has 7 heteroatoms. The number of fused-ring (bicyclic) bond motifs is 1. The van der Waals surface area contributed by atoms with Crippen LogP contribution in [0, 0.1) is 11.6 Å². The van der Waals surface area contributed by atoms with E-state index < -0.39 is 21.7 Å². The van der Waals surface area contributed by atoms with Crippen LogP contribution in [0.1, 0.15) is 16.7 Å². The summed E-state index contributed by atoms with van der Waals surface area (Å²) < 4.78 is 54.8. The summed E-state index contributed by atoms with van der Waals surface area (Å²) in [4.78, 5) is 1.81. The molecule has 2 aromatic carbocycles. The highest BCUT2D eigenvalue weighted by molar-refractivity contribution is 7.90. The van der Waals surface area contributed by atoms with E-state index >= 15 is 0 Å². The van der Waals surface area contributed by atoms with Crippen molar-refractivity contribution >= 4 is 21.4 Å². The van der Waals surface area contributed by atoms with Crippen LogP contribution < -0.4 is 0 Å². The molecule has 0 atom stereocenters. The Hall–Kier alpha value is -2.80. The molecule has 0 saturated heterocycles. The third kappa shape index (κ3) is 3.55. The van der Waals surface area contributed by atoms with Crippen LogP contribution in [0.15, 0.2) is 65.2 Å². The molecule has 0 aromatic heterocycles. The number of benzene rings is 2. The van der Waals surface area contributed by atoms with Crippen LogP contribution in [-0.4, -0.2) is 31.5 Å². The SMILES string of the molecule is O=S1(=O)CCN2C=CC=C(c3ccc(Cc4cccc(F)c4F)cc3)C2=N1. The molecule has 0 saturated carbocycles. The van der Waals surface area contributed by atoms with Crippen molar-refractivity contribution in [2.24, 2.45) is 4.40 Å². The van der Waals surface area contributed by atoms with Crippen LogP contribution in [0.2, 0.25) is 0 Å². The Morgan fingerprint density at radius 2 is 1.85 bits per heavy atom. The average molecular weight is 386 g/mol. The predicted molar refractivity (Wildman–Crippen MR) is 101 cm³/mol. The van der Waals surface area contributed by atoms with Gasteiger partial charge < -0.3 is 4.90 Å². The van der Waals surface area contributed by atoms with Crippen LogP contribution >= 0.6 is 0 Å². The average Bonchev–Trinajstić information content (AvgIpc) is 2.65. The fourth-order valence-corrected chi connectivity index (χ4v) is 4.13. The normalized spacial score (nSPS) is 17.9. The largest absolute Gasteiger partial charge is 0.331 e. The van der Waals surface area contributed by atoms with Crippen molar-refractivity contribution in [3.8, 4) is 0 Å². The van der Waals surface area contributed by atoms with Gasteiger partial charge in [-0.25, -0.2) is 17.2 Å². The van der Waals surface area contributed by atoms with Gasteiger partial charge in [-0.3, -0.25) is 0 Å². The number of sulfonamides is 1. The minimum Gasteiger partial charge on any atom is -0.331 e. The summed E-state index contributed by atoms with van der Waals surface area (Å²) >= 11 is 0. The fraction of sp³-hybridized carbons (Fsp3) is 0.150. The molecule has 0 unspecified atom stereocenters. The molecule has 2 aromatic rings. The third-order valence-corrected chi connectivity index (χ3v) is 5.70. The number of amidine groups is 1. The number of hydrogen-bond donors (Lipinski definition) is 0. The van der Waals surface area contributed by atoms with Crippen molar-refractivity contribution in [1.29, 1.82) is 0 Å². The van der Waals surface area contributed by atoms with Crippen molar-refractivity contribution in [3.63, 3.8) is 0 Å². The van der Waals surface area contributed by atoms with Crippen molar-refractivity contribution in [2.75, 3.05) is 12.3 Å². The van der Waals surface area contributed by atoms with Crippen LogP contribution in [-0.2, 0) is 16.4 Å². The maximum absolute atomic E-state index is 13.8. The lowest BCUT2D eigenvalue weighted by Crippen LogP contribution is -2.37. The van der Waals surface area contributed by atoms with Gasteiger partial charge in [0.2, 0.25) is 0 Å². The number of halogens is 2. The summed E-state index contributed by atoms with van der Waals surface area (Å²) in [6.07, 6.45) is 5.74. The third-order valence-electron chi connectivity index (χ3n) is 4.55. The lowest BCUT2D eigenvalue weighted by molar-refractivity contribution is 0.501. The summed E-state index contributed by atoms with van der Waals surface area (Å²) in [6, 6.07) is 11.4. The van der Waals surface area contributed by atoms with Gasteiger partial charge in [0.05, 0.1) is 5.75 Å². The topological polar surface area (TPSA) is 49.7 Å². The molecule has 0 amide bonds. The minimum absolute atomic E-state index is 0.00768. The minimum atomic E-state index is -3.46. The molecule has 4 rings (SSSR count). The first-order valence-electron chi connectivity index (χ1n) is 8.43. The molecule has 2 aliphatic rings. The molecule has 138 valence electrons. The van der Waals surface area contributed by atoms with E-state index in [0.29, 0.717) is 18.0 Å². The Kier molecular flexibility index (Phi) is 4.39. The van der Waals surface area contributed by atoms with Gasteiger partial charge in [-0.1, -0.05) is 36.4 Å². The van der Waals surface area contributed by atoms with E-state index in [1.165, 1.54) is 6.07 Å². The van der Waals surface area contributed by atoms with Crippen molar-refractivity contribution in [1.82, 2.24) is 4.90 Å². The highest BCUT2D eigenvalue weighted by Crippen LogP contribution is 2.26. The molecule has 2 aliphatic heterocycles. The Labute approximate surface area is 156 Å². The summed E-state index contributed by atoms with van der Waals surface area (Å²) in [7, 11) is -3.46. The molecular formula is C20H16F2N2O2S. The van der Waals surface area contributed by atoms with Crippen LogP contribution in [0.5, 0.6) is 0 Å². The van der Waals surface area contributed by atoms with Gasteiger partial charge in [0, 0.05) is 24.7 Å². The van der Waals surface area contributed by atoms with E-state index in [-0.39, 0.29) is 17.7 Å². The zero-order valence-corrected chi connectivity index (χ0v) is 15.1. The Morgan fingerprint density at radius 1 is 1.07 bits per heavy atom. The summed E-state index contributed by atoms with van der Waals surface area (Å²) in [6.45, 7) is 0.367. The van der Waals surface area contributed by atoms with Gasteiger partial charge in [0.1, 0.15) is 0 Å². The second kappa shape index (κ2) is 6.74. The van der Waals surface area contributed by atoms with E-state index in [2.05, 4.69) is 4.40 Å². The zero-order valence-electron chi connectivity index (χ0n) is 14.3.